The molecule has 0 bridgehead atoms. The molecule has 0 aliphatic carbocycles. The van der Waals surface area contributed by atoms with E-state index in [4.69, 9.17) is 0 Å². The molecular weight excluding hydrogens is 326 g/mol. The van der Waals surface area contributed by atoms with E-state index in [0.717, 1.165) is 34.6 Å². The first-order chi connectivity index (χ1) is 12.4. The molecule has 1 aromatic carbocycles. The molecule has 6 heteroatoms. The second kappa shape index (κ2) is 7.15. The van der Waals surface area contributed by atoms with Crippen molar-refractivity contribution in [2.75, 3.05) is 0 Å². The summed E-state index contributed by atoms with van der Waals surface area (Å²) < 4.78 is 1.82. The number of carbonyl (C=O) groups is 1. The molecule has 0 spiro atoms. The van der Waals surface area contributed by atoms with Gasteiger partial charge in [-0.05, 0) is 44.4 Å². The third kappa shape index (κ3) is 3.40. The Bertz CT molecular complexity index is 920. The molecule has 0 saturated carbocycles. The van der Waals surface area contributed by atoms with E-state index in [9.17, 15) is 4.79 Å². The lowest BCUT2D eigenvalue weighted by Crippen LogP contribution is -2.26. The van der Waals surface area contributed by atoms with Gasteiger partial charge < -0.3 is 5.32 Å². The van der Waals surface area contributed by atoms with E-state index in [1.165, 1.54) is 5.56 Å². The number of nitrogens with zero attached hydrogens (tertiary/aromatic N) is 3. The molecule has 6 nitrogen and oxygen atoms in total. The number of hydrogen-bond acceptors (Lipinski definition) is 3. The second-order valence-corrected chi connectivity index (χ2v) is 6.63. The van der Waals surface area contributed by atoms with E-state index in [1.807, 2.05) is 32.5 Å². The van der Waals surface area contributed by atoms with Gasteiger partial charge in [0.25, 0.3) is 5.91 Å². The van der Waals surface area contributed by atoms with Crippen LogP contribution in [0.15, 0.2) is 30.3 Å². The largest absolute Gasteiger partial charge is 0.344 e. The highest BCUT2D eigenvalue weighted by atomic mass is 16.2. The molecule has 1 atom stereocenters. The maximum absolute atomic E-state index is 12.6. The molecule has 136 valence electrons. The predicted molar refractivity (Wildman–Crippen MR) is 102 cm³/mol. The van der Waals surface area contributed by atoms with Crippen LogP contribution in [0, 0.1) is 13.8 Å². The van der Waals surface area contributed by atoms with Crippen LogP contribution in [-0.2, 0) is 13.5 Å². The number of aromatic amines is 1. The summed E-state index contributed by atoms with van der Waals surface area (Å²) in [5.74, 6) is -0.171. The van der Waals surface area contributed by atoms with Crippen LogP contribution in [0.5, 0.6) is 0 Å². The Morgan fingerprint density at radius 3 is 2.54 bits per heavy atom. The zero-order valence-electron chi connectivity index (χ0n) is 15.9. The lowest BCUT2D eigenvalue weighted by molar-refractivity contribution is 0.0935. The van der Waals surface area contributed by atoms with Crippen molar-refractivity contribution in [3.8, 4) is 11.3 Å². The third-order valence-electron chi connectivity index (χ3n) is 4.82. The van der Waals surface area contributed by atoms with E-state index >= 15 is 0 Å². The minimum atomic E-state index is -0.171. The zero-order chi connectivity index (χ0) is 18.8. The van der Waals surface area contributed by atoms with Crippen LogP contribution in [0.4, 0.5) is 0 Å². The van der Waals surface area contributed by atoms with E-state index in [1.54, 1.807) is 6.07 Å². The van der Waals surface area contributed by atoms with Gasteiger partial charge in [-0.3, -0.25) is 14.6 Å². The number of nitrogens with one attached hydrogen (secondary N) is 2. The van der Waals surface area contributed by atoms with Gasteiger partial charge in [0.2, 0.25) is 0 Å². The van der Waals surface area contributed by atoms with Crippen LogP contribution in [0.2, 0.25) is 0 Å². The highest BCUT2D eigenvalue weighted by Gasteiger charge is 2.18. The summed E-state index contributed by atoms with van der Waals surface area (Å²) in [5, 5.41) is 14.6. The van der Waals surface area contributed by atoms with Crippen molar-refractivity contribution in [3.63, 3.8) is 0 Å². The first-order valence-corrected chi connectivity index (χ1v) is 8.86. The lowest BCUT2D eigenvalue weighted by atomic mass is 10.0. The maximum atomic E-state index is 12.6. The molecule has 0 saturated heterocycles. The molecule has 0 aliphatic rings. The number of rotatable bonds is 5. The van der Waals surface area contributed by atoms with Gasteiger partial charge in [-0.1, -0.05) is 31.2 Å². The molecular formula is C20H25N5O. The molecule has 3 rings (SSSR count). The Balaban J connectivity index is 1.75. The fraction of sp³-hybridized carbons (Fsp3) is 0.350. The fourth-order valence-corrected chi connectivity index (χ4v) is 3.11. The van der Waals surface area contributed by atoms with Gasteiger partial charge in [0.1, 0.15) is 5.69 Å². The summed E-state index contributed by atoms with van der Waals surface area (Å²) >= 11 is 0. The normalized spacial score (nSPS) is 12.2. The zero-order valence-corrected chi connectivity index (χ0v) is 15.9. The van der Waals surface area contributed by atoms with Gasteiger partial charge >= 0.3 is 0 Å². The van der Waals surface area contributed by atoms with Crippen LogP contribution >= 0.6 is 0 Å². The number of benzene rings is 1. The van der Waals surface area contributed by atoms with Crippen LogP contribution in [0.1, 0.15) is 52.9 Å². The molecule has 0 radical (unpaired) electrons. The van der Waals surface area contributed by atoms with Crippen molar-refractivity contribution < 1.29 is 4.79 Å². The van der Waals surface area contributed by atoms with E-state index in [0.29, 0.717) is 5.69 Å². The highest BCUT2D eigenvalue weighted by molar-refractivity contribution is 5.93. The van der Waals surface area contributed by atoms with Gasteiger partial charge in [-0.2, -0.15) is 10.2 Å². The van der Waals surface area contributed by atoms with Crippen LogP contribution in [-0.4, -0.2) is 25.9 Å². The molecule has 3 aromatic rings. The van der Waals surface area contributed by atoms with Crippen molar-refractivity contribution in [2.45, 2.75) is 40.2 Å². The third-order valence-corrected chi connectivity index (χ3v) is 4.82. The van der Waals surface area contributed by atoms with Gasteiger partial charge in [0, 0.05) is 18.3 Å². The van der Waals surface area contributed by atoms with Crippen molar-refractivity contribution >= 4 is 5.91 Å². The first kappa shape index (κ1) is 17.9. The Morgan fingerprint density at radius 2 is 1.96 bits per heavy atom. The second-order valence-electron chi connectivity index (χ2n) is 6.63. The molecule has 2 N–H and O–H groups in total. The lowest BCUT2D eigenvalue weighted by Gasteiger charge is -2.14. The van der Waals surface area contributed by atoms with E-state index in [2.05, 4.69) is 51.8 Å². The number of H-pyrrole nitrogens is 1. The number of amides is 1. The molecule has 1 amide bonds. The quantitative estimate of drug-likeness (QED) is 0.739. The SMILES string of the molecule is CCc1ccc(C(C)NC(=O)c2cc(-c3c(C)nn(C)c3C)n[nH]2)cc1. The smallest absolute Gasteiger partial charge is 0.269 e. The first-order valence-electron chi connectivity index (χ1n) is 8.86. The average Bonchev–Trinajstić information content (AvgIpc) is 3.20. The van der Waals surface area contributed by atoms with Crippen LogP contribution < -0.4 is 5.32 Å². The van der Waals surface area contributed by atoms with Crippen LogP contribution in [0.25, 0.3) is 11.3 Å². The van der Waals surface area contributed by atoms with Crippen LogP contribution in [0.3, 0.4) is 0 Å². The molecule has 2 aromatic heterocycles. The van der Waals surface area contributed by atoms with Crippen molar-refractivity contribution in [1.29, 1.82) is 0 Å². The Kier molecular flexibility index (Phi) is 4.93. The van der Waals surface area contributed by atoms with Crippen molar-refractivity contribution in [1.82, 2.24) is 25.3 Å². The molecule has 1 unspecified atom stereocenters. The number of carbonyl (C=O) groups excluding carboxylic acids is 1. The van der Waals surface area contributed by atoms with Gasteiger partial charge in [-0.25, -0.2) is 0 Å². The molecule has 0 fully saturated rings. The van der Waals surface area contributed by atoms with Gasteiger partial charge in [0.05, 0.1) is 17.4 Å². The fourth-order valence-electron chi connectivity index (χ4n) is 3.11. The van der Waals surface area contributed by atoms with Crippen molar-refractivity contribution in [3.05, 3.63) is 58.5 Å². The summed E-state index contributed by atoms with van der Waals surface area (Å²) in [6.45, 7) is 8.04. The van der Waals surface area contributed by atoms with E-state index < -0.39 is 0 Å². The maximum Gasteiger partial charge on any atom is 0.269 e. The average molecular weight is 351 g/mol. The summed E-state index contributed by atoms with van der Waals surface area (Å²) in [7, 11) is 1.90. The number of hydrogen-bond donors (Lipinski definition) is 2. The minimum Gasteiger partial charge on any atom is -0.344 e. The summed E-state index contributed by atoms with van der Waals surface area (Å²) in [5.41, 5.74) is 6.42. The topological polar surface area (TPSA) is 75.6 Å². The predicted octanol–water partition coefficient (Wildman–Crippen LogP) is 3.48. The summed E-state index contributed by atoms with van der Waals surface area (Å²) in [6, 6.07) is 10.0. The Morgan fingerprint density at radius 1 is 1.27 bits per heavy atom. The standard InChI is InChI=1S/C20H25N5O/c1-6-15-7-9-16(10-8-15)12(2)21-20(26)18-11-17(22-23-18)19-13(3)24-25(5)14(19)4/h7-12H,6H2,1-5H3,(H,21,26)(H,22,23). The minimum absolute atomic E-state index is 0.0815. The summed E-state index contributed by atoms with van der Waals surface area (Å²) in [4.78, 5) is 12.6. The Hall–Kier alpha value is -2.89. The van der Waals surface area contributed by atoms with Crippen molar-refractivity contribution in [2.24, 2.45) is 7.05 Å². The number of aryl methyl sites for hydroxylation is 3. The molecule has 0 aliphatic heterocycles. The summed E-state index contributed by atoms with van der Waals surface area (Å²) in [6.07, 6.45) is 1.01. The van der Waals surface area contributed by atoms with E-state index in [-0.39, 0.29) is 11.9 Å². The monoisotopic (exact) mass is 351 g/mol. The number of aromatic nitrogens is 4. The molecule has 2 heterocycles. The van der Waals surface area contributed by atoms with Gasteiger partial charge in [0.15, 0.2) is 0 Å². The highest BCUT2D eigenvalue weighted by Crippen LogP contribution is 2.25. The van der Waals surface area contributed by atoms with Gasteiger partial charge in [-0.15, -0.1) is 0 Å². The Labute approximate surface area is 153 Å². The molecule has 26 heavy (non-hydrogen) atoms.